The molecule has 34 heavy (non-hydrogen) atoms. The molecule has 0 bridgehead atoms. The van der Waals surface area contributed by atoms with Crippen LogP contribution in [-0.2, 0) is 9.53 Å². The van der Waals surface area contributed by atoms with E-state index in [1.807, 2.05) is 12.1 Å². The van der Waals surface area contributed by atoms with Gasteiger partial charge in [0, 0.05) is 35.6 Å². The maximum atomic E-state index is 12.6. The van der Waals surface area contributed by atoms with E-state index < -0.39 is 6.04 Å². The van der Waals surface area contributed by atoms with E-state index in [9.17, 15) is 9.59 Å². The minimum absolute atomic E-state index is 0.218. The molecule has 3 aromatic carbocycles. The molecule has 0 spiro atoms. The van der Waals surface area contributed by atoms with Gasteiger partial charge in [-0.1, -0.05) is 55.0 Å². The number of fused-ring (bicyclic) bond motifs is 1. The number of cyclic esters (lactones) is 1. The maximum Gasteiger partial charge on any atom is 0.328 e. The molecule has 5 heteroatoms. The summed E-state index contributed by atoms with van der Waals surface area (Å²) in [5.41, 5.74) is 3.20. The number of benzene rings is 3. The fourth-order valence-electron chi connectivity index (χ4n) is 5.61. The highest BCUT2D eigenvalue weighted by Gasteiger charge is 2.29. The van der Waals surface area contributed by atoms with Gasteiger partial charge in [0.2, 0.25) is 0 Å². The predicted octanol–water partition coefficient (Wildman–Crippen LogP) is 5.44. The summed E-state index contributed by atoms with van der Waals surface area (Å²) in [7, 11) is 0. The van der Waals surface area contributed by atoms with Crippen LogP contribution >= 0.6 is 0 Å². The number of esters is 1. The molecule has 176 valence electrons. The average molecular weight is 457 g/mol. The van der Waals surface area contributed by atoms with Crippen molar-refractivity contribution in [1.29, 1.82) is 0 Å². The van der Waals surface area contributed by atoms with Crippen LogP contribution in [0.25, 0.3) is 10.8 Å². The molecular formula is C29H32N2O3. The van der Waals surface area contributed by atoms with E-state index >= 15 is 0 Å². The molecule has 1 saturated heterocycles. The number of nitrogens with zero attached hydrogens (tertiary/aromatic N) is 1. The van der Waals surface area contributed by atoms with Crippen molar-refractivity contribution in [2.45, 2.75) is 57.0 Å². The monoisotopic (exact) mass is 456 g/mol. The van der Waals surface area contributed by atoms with Gasteiger partial charge in [0.1, 0.15) is 6.04 Å². The number of nitrogens with one attached hydrogen (secondary N) is 1. The highest BCUT2D eigenvalue weighted by molar-refractivity contribution is 5.97. The number of amides is 1. The van der Waals surface area contributed by atoms with Crippen molar-refractivity contribution in [3.63, 3.8) is 0 Å². The third kappa shape index (κ3) is 4.52. The maximum absolute atomic E-state index is 12.6. The summed E-state index contributed by atoms with van der Waals surface area (Å²) in [6.07, 6.45) is 5.21. The van der Waals surface area contributed by atoms with Gasteiger partial charge in [0.15, 0.2) is 0 Å². The number of hydrogen-bond acceptors (Lipinski definition) is 4. The van der Waals surface area contributed by atoms with Gasteiger partial charge in [-0.3, -0.25) is 4.79 Å². The van der Waals surface area contributed by atoms with Gasteiger partial charge >= 0.3 is 5.97 Å². The number of carbonyl (C=O) groups is 2. The van der Waals surface area contributed by atoms with Crippen LogP contribution in [0.2, 0.25) is 0 Å². The van der Waals surface area contributed by atoms with Crippen molar-refractivity contribution in [3.05, 3.63) is 77.9 Å². The first-order valence-corrected chi connectivity index (χ1v) is 12.5. The third-order valence-electron chi connectivity index (χ3n) is 7.39. The Balaban J connectivity index is 1.30. The quantitative estimate of drug-likeness (QED) is 0.502. The van der Waals surface area contributed by atoms with Crippen molar-refractivity contribution in [1.82, 2.24) is 5.32 Å². The van der Waals surface area contributed by atoms with Gasteiger partial charge in [-0.05, 0) is 61.3 Å². The molecule has 0 aromatic heterocycles. The summed E-state index contributed by atoms with van der Waals surface area (Å²) >= 11 is 0. The molecule has 1 amide bonds. The Kier molecular flexibility index (Phi) is 6.52. The summed E-state index contributed by atoms with van der Waals surface area (Å²) in [5, 5.41) is 5.38. The van der Waals surface area contributed by atoms with Crippen molar-refractivity contribution in [3.8, 4) is 0 Å². The van der Waals surface area contributed by atoms with E-state index in [1.165, 1.54) is 41.3 Å². The van der Waals surface area contributed by atoms with E-state index in [4.69, 9.17) is 4.74 Å². The molecular weight excluding hydrogens is 424 g/mol. The minimum Gasteiger partial charge on any atom is -0.464 e. The SMILES string of the molecule is CCN(c1cccc2ccccc12)C1CCCC(c2ccc(C(=O)NC3CCOC3=O)cc2)C1. The van der Waals surface area contributed by atoms with Crippen LogP contribution in [-0.4, -0.2) is 37.1 Å². The lowest BCUT2D eigenvalue weighted by Gasteiger charge is -2.39. The summed E-state index contributed by atoms with van der Waals surface area (Å²) in [5.74, 6) is -0.0837. The first-order valence-electron chi connectivity index (χ1n) is 12.5. The van der Waals surface area contributed by atoms with E-state index in [-0.39, 0.29) is 11.9 Å². The van der Waals surface area contributed by atoms with Crippen molar-refractivity contribution < 1.29 is 14.3 Å². The van der Waals surface area contributed by atoms with Gasteiger partial charge in [-0.2, -0.15) is 0 Å². The number of anilines is 1. The molecule has 2 fully saturated rings. The molecule has 3 aromatic rings. The van der Waals surface area contributed by atoms with Gasteiger partial charge in [0.05, 0.1) is 6.61 Å². The Morgan fingerprint density at radius 1 is 1.00 bits per heavy atom. The molecule has 0 radical (unpaired) electrons. The van der Waals surface area contributed by atoms with Gasteiger partial charge in [0.25, 0.3) is 5.91 Å². The van der Waals surface area contributed by atoms with E-state index in [0.717, 1.165) is 13.0 Å². The van der Waals surface area contributed by atoms with Crippen LogP contribution < -0.4 is 10.2 Å². The second kappa shape index (κ2) is 9.88. The van der Waals surface area contributed by atoms with Crippen molar-refractivity contribution in [2.24, 2.45) is 0 Å². The van der Waals surface area contributed by atoms with Crippen LogP contribution in [0.5, 0.6) is 0 Å². The fourth-order valence-corrected chi connectivity index (χ4v) is 5.61. The predicted molar refractivity (Wildman–Crippen MR) is 135 cm³/mol. The van der Waals surface area contributed by atoms with Crippen LogP contribution in [0.4, 0.5) is 5.69 Å². The summed E-state index contributed by atoms with van der Waals surface area (Å²) in [6, 6.07) is 23.1. The van der Waals surface area contributed by atoms with Gasteiger partial charge in [-0.25, -0.2) is 4.79 Å². The Labute approximate surface area is 201 Å². The van der Waals surface area contributed by atoms with Crippen LogP contribution in [0.3, 0.4) is 0 Å². The molecule has 1 saturated carbocycles. The molecule has 1 heterocycles. The molecule has 3 unspecified atom stereocenters. The summed E-state index contributed by atoms with van der Waals surface area (Å²) in [4.78, 5) is 26.8. The zero-order valence-electron chi connectivity index (χ0n) is 19.7. The lowest BCUT2D eigenvalue weighted by atomic mass is 9.80. The van der Waals surface area contributed by atoms with Gasteiger partial charge < -0.3 is 15.0 Å². The number of hydrogen-bond donors (Lipinski definition) is 1. The Hall–Kier alpha value is -3.34. The lowest BCUT2D eigenvalue weighted by molar-refractivity contribution is -0.139. The largest absolute Gasteiger partial charge is 0.464 e. The lowest BCUT2D eigenvalue weighted by Crippen LogP contribution is -2.38. The number of rotatable bonds is 6. The highest BCUT2D eigenvalue weighted by atomic mass is 16.5. The summed E-state index contributed by atoms with van der Waals surface area (Å²) in [6.45, 7) is 3.60. The number of ether oxygens (including phenoxy) is 1. The first-order chi connectivity index (χ1) is 16.6. The normalized spacial score (nSPS) is 22.4. The Morgan fingerprint density at radius 3 is 2.56 bits per heavy atom. The van der Waals surface area contributed by atoms with E-state index in [1.54, 1.807) is 0 Å². The molecule has 1 N–H and O–H groups in total. The molecule has 1 aliphatic heterocycles. The van der Waals surface area contributed by atoms with E-state index in [0.29, 0.717) is 30.6 Å². The Morgan fingerprint density at radius 2 is 1.79 bits per heavy atom. The van der Waals surface area contributed by atoms with Crippen molar-refractivity contribution in [2.75, 3.05) is 18.1 Å². The number of carbonyl (C=O) groups excluding carboxylic acids is 2. The molecule has 1 aliphatic carbocycles. The smallest absolute Gasteiger partial charge is 0.328 e. The topological polar surface area (TPSA) is 58.6 Å². The van der Waals surface area contributed by atoms with Crippen LogP contribution in [0.1, 0.15) is 60.9 Å². The zero-order chi connectivity index (χ0) is 23.5. The molecule has 5 nitrogen and oxygen atoms in total. The third-order valence-corrected chi connectivity index (χ3v) is 7.39. The van der Waals surface area contributed by atoms with Crippen LogP contribution in [0, 0.1) is 0 Å². The second-order valence-corrected chi connectivity index (χ2v) is 9.41. The average Bonchev–Trinajstić information content (AvgIpc) is 3.29. The second-order valence-electron chi connectivity index (χ2n) is 9.41. The zero-order valence-corrected chi connectivity index (χ0v) is 19.7. The summed E-state index contributed by atoms with van der Waals surface area (Å²) < 4.78 is 4.94. The Bertz CT molecular complexity index is 1170. The van der Waals surface area contributed by atoms with E-state index in [2.05, 4.69) is 71.7 Å². The van der Waals surface area contributed by atoms with Crippen LogP contribution in [0.15, 0.2) is 66.7 Å². The van der Waals surface area contributed by atoms with Crippen molar-refractivity contribution >= 4 is 28.3 Å². The molecule has 3 atom stereocenters. The fraction of sp³-hybridized carbons (Fsp3) is 0.379. The first kappa shape index (κ1) is 22.5. The van der Waals surface area contributed by atoms with Gasteiger partial charge in [-0.15, -0.1) is 0 Å². The standard InChI is InChI=1S/C29H32N2O3/c1-2-31(27-12-6-8-21-7-3-4-11-25(21)27)24-10-5-9-23(19-24)20-13-15-22(16-14-20)28(32)30-26-17-18-34-29(26)33/h3-4,6-8,11-16,23-24,26H,2,5,9-10,17-19H2,1H3,(H,30,32). The molecule has 2 aliphatic rings. The molecule has 5 rings (SSSR count). The highest BCUT2D eigenvalue weighted by Crippen LogP contribution is 2.38. The minimum atomic E-state index is -0.527.